The molecular formula is C25H32N2O6. The van der Waals surface area contributed by atoms with Crippen LogP contribution in [0, 0.1) is 0 Å². The van der Waals surface area contributed by atoms with E-state index in [0.717, 1.165) is 0 Å². The molecule has 1 aliphatic heterocycles. The summed E-state index contributed by atoms with van der Waals surface area (Å²) < 4.78 is 10.8. The molecule has 0 aliphatic carbocycles. The second kappa shape index (κ2) is 10.1. The molecule has 0 radical (unpaired) electrons. The van der Waals surface area contributed by atoms with Gasteiger partial charge in [0.05, 0.1) is 19.8 Å². The number of rotatable bonds is 7. The Labute approximate surface area is 194 Å². The Hall–Kier alpha value is -3.26. The van der Waals surface area contributed by atoms with Crippen LogP contribution >= 0.6 is 0 Å². The average molecular weight is 457 g/mol. The van der Waals surface area contributed by atoms with Crippen molar-refractivity contribution in [3.63, 3.8) is 0 Å². The van der Waals surface area contributed by atoms with Gasteiger partial charge in [0.1, 0.15) is 17.2 Å². The predicted molar refractivity (Wildman–Crippen MR) is 124 cm³/mol. The molecule has 33 heavy (non-hydrogen) atoms. The van der Waals surface area contributed by atoms with Gasteiger partial charge in [0, 0.05) is 55.2 Å². The Bertz CT molecular complexity index is 995. The molecule has 1 fully saturated rings. The van der Waals surface area contributed by atoms with Crippen LogP contribution in [0.4, 0.5) is 0 Å². The van der Waals surface area contributed by atoms with E-state index < -0.39 is 11.9 Å². The van der Waals surface area contributed by atoms with Gasteiger partial charge in [-0.3, -0.25) is 9.69 Å². The minimum atomic E-state index is -1.03. The molecule has 1 saturated heterocycles. The summed E-state index contributed by atoms with van der Waals surface area (Å²) in [5, 5.41) is 20.1. The molecule has 2 N–H and O–H groups in total. The van der Waals surface area contributed by atoms with E-state index in [4.69, 9.17) is 9.47 Å². The fourth-order valence-corrected chi connectivity index (χ4v) is 4.38. The van der Waals surface area contributed by atoms with E-state index in [1.54, 1.807) is 18.2 Å². The first-order chi connectivity index (χ1) is 15.7. The lowest BCUT2D eigenvalue weighted by Gasteiger charge is -2.42. The molecule has 2 aromatic rings. The molecule has 8 heteroatoms. The summed E-state index contributed by atoms with van der Waals surface area (Å²) in [6, 6.07) is 9.98. The molecule has 0 aromatic heterocycles. The van der Waals surface area contributed by atoms with E-state index >= 15 is 0 Å². The maximum atomic E-state index is 13.4. The van der Waals surface area contributed by atoms with E-state index in [9.17, 15) is 19.8 Å². The molecule has 1 unspecified atom stereocenters. The fraction of sp³-hybridized carbons (Fsp3) is 0.440. The molecule has 0 bridgehead atoms. The van der Waals surface area contributed by atoms with Gasteiger partial charge in [0.2, 0.25) is 5.91 Å². The Morgan fingerprint density at radius 3 is 2.18 bits per heavy atom. The summed E-state index contributed by atoms with van der Waals surface area (Å²) in [7, 11) is 5.05. The maximum absolute atomic E-state index is 13.4. The average Bonchev–Trinajstić information content (AvgIpc) is 2.80. The maximum Gasteiger partial charge on any atom is 0.335 e. The van der Waals surface area contributed by atoms with Gasteiger partial charge in [-0.25, -0.2) is 4.79 Å². The number of methoxy groups -OCH3 is 2. The number of piperazine rings is 1. The van der Waals surface area contributed by atoms with Gasteiger partial charge in [0.15, 0.2) is 0 Å². The number of ether oxygens (including phenoxy) is 2. The summed E-state index contributed by atoms with van der Waals surface area (Å²) in [6.07, 6.45) is 0.103. The highest BCUT2D eigenvalue weighted by atomic mass is 16.5. The fourth-order valence-electron chi connectivity index (χ4n) is 4.38. The SMILES string of the molecule is COc1cc(O)c(C(CC(=O)N2C[C@@H](C)N(C)[C@@H](C)C2)c2ccc(C(=O)O)cc2)c(OC)c1. The van der Waals surface area contributed by atoms with Crippen LogP contribution < -0.4 is 9.47 Å². The lowest BCUT2D eigenvalue weighted by Crippen LogP contribution is -2.56. The van der Waals surface area contributed by atoms with Crippen LogP contribution in [0.3, 0.4) is 0 Å². The molecule has 3 atom stereocenters. The first kappa shape index (κ1) is 24.4. The zero-order chi connectivity index (χ0) is 24.3. The number of aromatic hydroxyl groups is 1. The van der Waals surface area contributed by atoms with Crippen molar-refractivity contribution in [3.05, 3.63) is 53.1 Å². The van der Waals surface area contributed by atoms with Crippen LogP contribution in [-0.4, -0.2) is 78.3 Å². The minimum absolute atomic E-state index is 0.0358. The van der Waals surface area contributed by atoms with Crippen molar-refractivity contribution in [2.24, 2.45) is 0 Å². The van der Waals surface area contributed by atoms with Gasteiger partial charge in [0.25, 0.3) is 0 Å². The number of likely N-dealkylation sites (N-methyl/N-ethyl adjacent to an activating group) is 1. The molecule has 1 amide bonds. The first-order valence-electron chi connectivity index (χ1n) is 10.9. The van der Waals surface area contributed by atoms with Crippen molar-refractivity contribution < 1.29 is 29.3 Å². The molecule has 178 valence electrons. The summed E-state index contributed by atoms with van der Waals surface area (Å²) in [6.45, 7) is 5.43. The number of phenols is 1. The normalized spacial score (nSPS) is 19.7. The smallest absolute Gasteiger partial charge is 0.335 e. The quantitative estimate of drug-likeness (QED) is 0.660. The molecule has 3 rings (SSSR count). The van der Waals surface area contributed by atoms with Gasteiger partial charge in [-0.2, -0.15) is 0 Å². The number of amides is 1. The summed E-state index contributed by atoms with van der Waals surface area (Å²) >= 11 is 0. The summed E-state index contributed by atoms with van der Waals surface area (Å²) in [4.78, 5) is 28.9. The monoisotopic (exact) mass is 456 g/mol. The third kappa shape index (κ3) is 5.22. The van der Waals surface area contributed by atoms with Gasteiger partial charge >= 0.3 is 5.97 Å². The third-order valence-electron chi connectivity index (χ3n) is 6.55. The van der Waals surface area contributed by atoms with E-state index in [-0.39, 0.29) is 35.7 Å². The highest BCUT2D eigenvalue weighted by Crippen LogP contribution is 2.43. The lowest BCUT2D eigenvalue weighted by molar-refractivity contribution is -0.135. The molecule has 0 saturated carbocycles. The first-order valence-corrected chi connectivity index (χ1v) is 10.9. The van der Waals surface area contributed by atoms with E-state index in [1.165, 1.54) is 32.4 Å². The van der Waals surface area contributed by atoms with Crippen LogP contribution in [0.2, 0.25) is 0 Å². The van der Waals surface area contributed by atoms with Gasteiger partial charge < -0.3 is 24.6 Å². The number of benzene rings is 2. The number of hydrogen-bond acceptors (Lipinski definition) is 6. The highest BCUT2D eigenvalue weighted by molar-refractivity contribution is 5.87. The van der Waals surface area contributed by atoms with E-state index in [0.29, 0.717) is 35.7 Å². The Kier molecular flexibility index (Phi) is 7.48. The summed E-state index contributed by atoms with van der Waals surface area (Å²) in [5.74, 6) is -0.822. The largest absolute Gasteiger partial charge is 0.507 e. The Morgan fingerprint density at radius 2 is 1.67 bits per heavy atom. The van der Waals surface area contributed by atoms with Gasteiger partial charge in [-0.1, -0.05) is 12.1 Å². The number of carbonyl (C=O) groups excluding carboxylic acids is 1. The predicted octanol–water partition coefficient (Wildman–Crippen LogP) is 3.18. The molecule has 1 heterocycles. The second-order valence-electron chi connectivity index (χ2n) is 8.61. The van der Waals surface area contributed by atoms with Crippen molar-refractivity contribution in [1.29, 1.82) is 0 Å². The van der Waals surface area contributed by atoms with Crippen LogP contribution in [0.15, 0.2) is 36.4 Å². The van der Waals surface area contributed by atoms with Crippen molar-refractivity contribution in [2.75, 3.05) is 34.4 Å². The number of hydrogen-bond donors (Lipinski definition) is 2. The number of carboxylic acids is 1. The minimum Gasteiger partial charge on any atom is -0.507 e. The topological polar surface area (TPSA) is 99.5 Å². The van der Waals surface area contributed by atoms with Crippen LogP contribution in [0.5, 0.6) is 17.2 Å². The highest BCUT2D eigenvalue weighted by Gasteiger charge is 2.32. The number of phenolic OH excluding ortho intramolecular Hbond substituents is 1. The number of carbonyl (C=O) groups is 2. The molecule has 0 spiro atoms. The van der Waals surface area contributed by atoms with Crippen LogP contribution in [0.25, 0.3) is 0 Å². The van der Waals surface area contributed by atoms with Crippen LogP contribution in [-0.2, 0) is 4.79 Å². The molecular weight excluding hydrogens is 424 g/mol. The Morgan fingerprint density at radius 1 is 1.06 bits per heavy atom. The van der Waals surface area contributed by atoms with E-state index in [2.05, 4.69) is 25.8 Å². The zero-order valence-corrected chi connectivity index (χ0v) is 19.7. The van der Waals surface area contributed by atoms with Crippen molar-refractivity contribution >= 4 is 11.9 Å². The molecule has 8 nitrogen and oxygen atoms in total. The number of carboxylic acid groups (broad SMARTS) is 1. The number of nitrogens with zero attached hydrogens (tertiary/aromatic N) is 2. The lowest BCUT2D eigenvalue weighted by atomic mass is 9.86. The van der Waals surface area contributed by atoms with Crippen molar-refractivity contribution in [3.8, 4) is 17.2 Å². The second-order valence-corrected chi connectivity index (χ2v) is 8.61. The Balaban J connectivity index is 2.01. The van der Waals surface area contributed by atoms with Crippen molar-refractivity contribution in [1.82, 2.24) is 9.80 Å². The molecule has 1 aliphatic rings. The zero-order valence-electron chi connectivity index (χ0n) is 19.7. The number of aromatic carboxylic acids is 1. The van der Waals surface area contributed by atoms with Crippen molar-refractivity contribution in [2.45, 2.75) is 38.3 Å². The van der Waals surface area contributed by atoms with Gasteiger partial charge in [-0.05, 0) is 38.6 Å². The van der Waals surface area contributed by atoms with Gasteiger partial charge in [-0.15, -0.1) is 0 Å². The molecule has 2 aromatic carbocycles. The standard InChI is InChI=1S/C25H32N2O6/c1-15-13-27(14-16(2)26(15)3)23(29)12-20(17-6-8-18(9-7-17)25(30)31)24-21(28)10-19(32-4)11-22(24)33-5/h6-11,15-16,20,28H,12-14H2,1-5H3,(H,30,31)/t15-,16+,20?. The third-order valence-corrected chi connectivity index (χ3v) is 6.55. The summed E-state index contributed by atoms with van der Waals surface area (Å²) in [5.41, 5.74) is 1.32. The van der Waals surface area contributed by atoms with E-state index in [1.807, 2.05) is 4.90 Å². The van der Waals surface area contributed by atoms with Crippen LogP contribution in [0.1, 0.15) is 47.7 Å².